The lowest BCUT2D eigenvalue weighted by atomic mass is 10.2. The van der Waals surface area contributed by atoms with E-state index in [1.807, 2.05) is 6.92 Å². The number of aliphatic hydroxyl groups is 1. The summed E-state index contributed by atoms with van der Waals surface area (Å²) in [6.45, 7) is 2.30. The predicted octanol–water partition coefficient (Wildman–Crippen LogP) is 0.210. The van der Waals surface area contributed by atoms with Crippen molar-refractivity contribution in [3.63, 3.8) is 0 Å². The van der Waals surface area contributed by atoms with Gasteiger partial charge in [-0.25, -0.2) is 0 Å². The van der Waals surface area contributed by atoms with Crippen LogP contribution in [0.15, 0.2) is 22.8 Å². The fraction of sp³-hybridized carbons (Fsp3) is 0.500. The molecule has 0 aromatic carbocycles. The lowest BCUT2D eigenvalue weighted by Crippen LogP contribution is -2.30. The molecule has 8 heteroatoms. The highest BCUT2D eigenvalue weighted by atomic mass is 16.3. The molecule has 108 valence electrons. The minimum atomic E-state index is -0.384. The lowest BCUT2D eigenvalue weighted by molar-refractivity contribution is -0.122. The van der Waals surface area contributed by atoms with Crippen LogP contribution in [0, 0.1) is 0 Å². The summed E-state index contributed by atoms with van der Waals surface area (Å²) in [5, 5.41) is 23.7. The number of nitrogens with zero attached hydrogens (tertiary/aromatic N) is 4. The number of carbonyl (C=O) groups excluding carboxylic acids is 1. The predicted molar refractivity (Wildman–Crippen MR) is 69.4 cm³/mol. The van der Waals surface area contributed by atoms with E-state index in [1.165, 1.54) is 11.1 Å². The smallest absolute Gasteiger partial charge is 0.243 e. The van der Waals surface area contributed by atoms with Crippen molar-refractivity contribution in [1.29, 1.82) is 0 Å². The summed E-state index contributed by atoms with van der Waals surface area (Å²) in [7, 11) is 0. The maximum absolute atomic E-state index is 11.6. The van der Waals surface area contributed by atoms with Gasteiger partial charge >= 0.3 is 0 Å². The summed E-state index contributed by atoms with van der Waals surface area (Å²) >= 11 is 0. The topological polar surface area (TPSA) is 106 Å². The van der Waals surface area contributed by atoms with Crippen molar-refractivity contribution < 1.29 is 14.3 Å². The molecule has 2 rings (SSSR count). The number of aliphatic hydroxyl groups excluding tert-OH is 1. The Morgan fingerprint density at radius 2 is 2.45 bits per heavy atom. The van der Waals surface area contributed by atoms with Crippen molar-refractivity contribution in [2.45, 2.75) is 32.4 Å². The molecule has 1 unspecified atom stereocenters. The summed E-state index contributed by atoms with van der Waals surface area (Å²) in [4.78, 5) is 12.8. The van der Waals surface area contributed by atoms with Crippen LogP contribution in [0.3, 0.4) is 0 Å². The van der Waals surface area contributed by atoms with Gasteiger partial charge in [-0.2, -0.15) is 4.80 Å². The number of rotatable bonds is 7. The molecule has 2 aromatic heterocycles. The van der Waals surface area contributed by atoms with Gasteiger partial charge in [-0.15, -0.1) is 10.2 Å². The van der Waals surface area contributed by atoms with Crippen molar-refractivity contribution in [3.05, 3.63) is 18.4 Å². The molecule has 2 N–H and O–H groups in total. The minimum Gasteiger partial charge on any atom is -0.461 e. The van der Waals surface area contributed by atoms with Gasteiger partial charge in [0.05, 0.1) is 12.4 Å². The molecule has 0 aliphatic rings. The Balaban J connectivity index is 1.80. The number of tetrazole rings is 1. The monoisotopic (exact) mass is 279 g/mol. The maximum atomic E-state index is 11.6. The van der Waals surface area contributed by atoms with Crippen molar-refractivity contribution in [1.82, 2.24) is 25.5 Å². The third kappa shape index (κ3) is 3.89. The van der Waals surface area contributed by atoms with Gasteiger partial charge in [-0.3, -0.25) is 4.79 Å². The van der Waals surface area contributed by atoms with E-state index in [0.717, 1.165) is 0 Å². The first-order valence-electron chi connectivity index (χ1n) is 6.45. The van der Waals surface area contributed by atoms with E-state index in [9.17, 15) is 9.90 Å². The van der Waals surface area contributed by atoms with Crippen molar-refractivity contribution in [3.8, 4) is 11.6 Å². The van der Waals surface area contributed by atoms with Gasteiger partial charge in [-0.05, 0) is 30.2 Å². The molecule has 2 heterocycles. The highest BCUT2D eigenvalue weighted by Gasteiger charge is 2.11. The molecule has 0 fully saturated rings. The third-order valence-electron chi connectivity index (χ3n) is 2.75. The molecule has 8 nitrogen and oxygen atoms in total. The molecule has 20 heavy (non-hydrogen) atoms. The van der Waals surface area contributed by atoms with Gasteiger partial charge in [0, 0.05) is 6.54 Å². The number of amides is 1. The molecule has 2 aromatic rings. The van der Waals surface area contributed by atoms with Gasteiger partial charge in [-0.1, -0.05) is 6.92 Å². The quantitative estimate of drug-likeness (QED) is 0.750. The zero-order chi connectivity index (χ0) is 14.4. The molecule has 0 saturated carbocycles. The molecule has 0 radical (unpaired) electrons. The van der Waals surface area contributed by atoms with Gasteiger partial charge in [0.2, 0.25) is 11.7 Å². The normalized spacial score (nSPS) is 12.3. The van der Waals surface area contributed by atoms with E-state index in [-0.39, 0.29) is 18.6 Å². The molecular formula is C12H17N5O3. The highest BCUT2D eigenvalue weighted by molar-refractivity contribution is 5.75. The Bertz CT molecular complexity index is 537. The fourth-order valence-corrected chi connectivity index (χ4v) is 1.58. The molecule has 0 bridgehead atoms. The maximum Gasteiger partial charge on any atom is 0.243 e. The Morgan fingerprint density at radius 1 is 1.60 bits per heavy atom. The van der Waals surface area contributed by atoms with E-state index in [4.69, 9.17) is 4.42 Å². The largest absolute Gasteiger partial charge is 0.461 e. The van der Waals surface area contributed by atoms with Crippen LogP contribution in [0.2, 0.25) is 0 Å². The average molecular weight is 279 g/mol. The zero-order valence-corrected chi connectivity index (χ0v) is 11.2. The van der Waals surface area contributed by atoms with Crippen molar-refractivity contribution >= 4 is 5.91 Å². The first-order chi connectivity index (χ1) is 9.69. The molecule has 0 aliphatic heterocycles. The van der Waals surface area contributed by atoms with E-state index in [1.54, 1.807) is 12.1 Å². The number of aromatic nitrogens is 4. The van der Waals surface area contributed by atoms with Crippen LogP contribution in [0.4, 0.5) is 0 Å². The molecule has 1 atom stereocenters. The van der Waals surface area contributed by atoms with Crippen molar-refractivity contribution in [2.75, 3.05) is 6.54 Å². The van der Waals surface area contributed by atoms with Crippen LogP contribution in [-0.4, -0.2) is 43.9 Å². The van der Waals surface area contributed by atoms with E-state index in [2.05, 4.69) is 20.7 Å². The van der Waals surface area contributed by atoms with E-state index < -0.39 is 0 Å². The zero-order valence-electron chi connectivity index (χ0n) is 11.2. The van der Waals surface area contributed by atoms with Crippen molar-refractivity contribution in [2.24, 2.45) is 0 Å². The summed E-state index contributed by atoms with van der Waals surface area (Å²) in [6.07, 6.45) is 2.34. The van der Waals surface area contributed by atoms with Crippen LogP contribution < -0.4 is 5.32 Å². The standard InChI is InChI=1S/C12H17N5O3/c1-2-9(18)5-6-13-11(19)8-17-15-12(14-16-17)10-4-3-7-20-10/h3-4,7,9,18H,2,5-6,8H2,1H3,(H,13,19). The lowest BCUT2D eigenvalue weighted by Gasteiger charge is -2.08. The first-order valence-corrected chi connectivity index (χ1v) is 6.45. The summed E-state index contributed by atoms with van der Waals surface area (Å²) in [5.74, 6) is 0.614. The van der Waals surface area contributed by atoms with Gasteiger partial charge in [0.25, 0.3) is 0 Å². The first kappa shape index (κ1) is 14.2. The van der Waals surface area contributed by atoms with E-state index >= 15 is 0 Å². The van der Waals surface area contributed by atoms with Gasteiger partial charge in [0.15, 0.2) is 5.76 Å². The molecule has 0 spiro atoms. The van der Waals surface area contributed by atoms with Crippen LogP contribution in [0.25, 0.3) is 11.6 Å². The fourth-order valence-electron chi connectivity index (χ4n) is 1.58. The highest BCUT2D eigenvalue weighted by Crippen LogP contribution is 2.12. The van der Waals surface area contributed by atoms with E-state index in [0.29, 0.717) is 31.0 Å². The number of hydrogen-bond acceptors (Lipinski definition) is 6. The second-order valence-electron chi connectivity index (χ2n) is 4.32. The molecule has 0 saturated heterocycles. The second kappa shape index (κ2) is 6.80. The van der Waals surface area contributed by atoms with Crippen LogP contribution in [-0.2, 0) is 11.3 Å². The van der Waals surface area contributed by atoms with Gasteiger partial charge in [0.1, 0.15) is 6.54 Å². The number of nitrogens with one attached hydrogen (secondary N) is 1. The van der Waals surface area contributed by atoms with Crippen LogP contribution >= 0.6 is 0 Å². The summed E-state index contributed by atoms with van der Waals surface area (Å²) < 4.78 is 5.13. The Labute approximate surface area is 115 Å². The Hall–Kier alpha value is -2.22. The molecule has 1 amide bonds. The Morgan fingerprint density at radius 3 is 3.15 bits per heavy atom. The van der Waals surface area contributed by atoms with Gasteiger partial charge < -0.3 is 14.8 Å². The third-order valence-corrected chi connectivity index (χ3v) is 2.75. The number of carbonyl (C=O) groups is 1. The molecule has 0 aliphatic carbocycles. The average Bonchev–Trinajstić information content (AvgIpc) is 3.08. The minimum absolute atomic E-state index is 0.0179. The summed E-state index contributed by atoms with van der Waals surface area (Å²) in [6, 6.07) is 3.44. The Kier molecular flexibility index (Phi) is 4.83. The van der Waals surface area contributed by atoms with Crippen LogP contribution in [0.1, 0.15) is 19.8 Å². The van der Waals surface area contributed by atoms with Crippen LogP contribution in [0.5, 0.6) is 0 Å². The summed E-state index contributed by atoms with van der Waals surface area (Å²) in [5.41, 5.74) is 0. The number of furan rings is 1. The molecular weight excluding hydrogens is 262 g/mol. The number of hydrogen-bond donors (Lipinski definition) is 2. The second-order valence-corrected chi connectivity index (χ2v) is 4.32. The SMILES string of the molecule is CCC(O)CCNC(=O)Cn1nnc(-c2ccco2)n1.